The molecule has 214 valence electrons. The average molecular weight is 584 g/mol. The smallest absolute Gasteiger partial charge is 0.264 e. The molecule has 0 bridgehead atoms. The van der Waals surface area contributed by atoms with Crippen molar-refractivity contribution in [2.45, 2.75) is 71.0 Å². The summed E-state index contributed by atoms with van der Waals surface area (Å²) >= 11 is 6.28. The van der Waals surface area contributed by atoms with Crippen LogP contribution >= 0.6 is 11.6 Å². The van der Waals surface area contributed by atoms with Gasteiger partial charge in [0.15, 0.2) is 0 Å². The summed E-state index contributed by atoms with van der Waals surface area (Å²) in [5.74, 6) is -0.765. The number of nitrogens with one attached hydrogen (secondary N) is 1. The topological polar surface area (TPSA) is 86.8 Å². The number of anilines is 1. The fourth-order valence-corrected chi connectivity index (χ4v) is 5.99. The zero-order valence-corrected chi connectivity index (χ0v) is 25.3. The second-order valence-corrected chi connectivity index (χ2v) is 12.3. The van der Waals surface area contributed by atoms with Crippen molar-refractivity contribution >= 4 is 39.1 Å². The normalized spacial score (nSPS) is 12.8. The van der Waals surface area contributed by atoms with Crippen molar-refractivity contribution in [2.75, 3.05) is 10.8 Å². The highest BCUT2D eigenvalue weighted by Crippen LogP contribution is 2.30. The summed E-state index contributed by atoms with van der Waals surface area (Å²) in [6.45, 7) is 9.11. The maximum atomic E-state index is 14.1. The van der Waals surface area contributed by atoms with E-state index in [9.17, 15) is 18.0 Å². The molecule has 0 aliphatic carbocycles. The van der Waals surface area contributed by atoms with E-state index in [4.69, 9.17) is 11.6 Å². The number of carbonyl (C=O) groups is 2. The van der Waals surface area contributed by atoms with E-state index in [2.05, 4.69) is 5.32 Å². The van der Waals surface area contributed by atoms with Crippen LogP contribution in [0.1, 0.15) is 50.3 Å². The van der Waals surface area contributed by atoms with Gasteiger partial charge in [-0.15, -0.1) is 0 Å². The second-order valence-electron chi connectivity index (χ2n) is 10.0. The number of aryl methyl sites for hydroxylation is 2. The molecule has 0 spiro atoms. The Hall–Kier alpha value is -3.36. The number of carbonyl (C=O) groups excluding carboxylic acids is 2. The summed E-state index contributed by atoms with van der Waals surface area (Å²) in [6.07, 6.45) is 1.10. The lowest BCUT2D eigenvalue weighted by atomic mass is 10.1. The van der Waals surface area contributed by atoms with Crippen LogP contribution in [0, 0.1) is 13.8 Å². The summed E-state index contributed by atoms with van der Waals surface area (Å²) in [5, 5.41) is 3.33. The zero-order valence-electron chi connectivity index (χ0n) is 23.7. The Labute approximate surface area is 243 Å². The Morgan fingerprint density at radius 2 is 1.57 bits per heavy atom. The molecule has 0 saturated carbocycles. The van der Waals surface area contributed by atoms with Gasteiger partial charge < -0.3 is 10.2 Å². The van der Waals surface area contributed by atoms with Gasteiger partial charge in [0.2, 0.25) is 11.8 Å². The van der Waals surface area contributed by atoms with Crippen LogP contribution in [0.2, 0.25) is 5.02 Å². The molecule has 3 rings (SSSR count). The van der Waals surface area contributed by atoms with Crippen molar-refractivity contribution < 1.29 is 18.0 Å². The Kier molecular flexibility index (Phi) is 10.8. The SMILES string of the molecule is CC[C@@H](C)NC(=O)[C@H](CC)N(Cc1ccc(C)cc1)C(=O)CN(c1cc(Cl)ccc1C)S(=O)(=O)c1ccccc1. The number of amides is 2. The first-order chi connectivity index (χ1) is 19.0. The van der Waals surface area contributed by atoms with Gasteiger partial charge in [-0.2, -0.15) is 0 Å². The molecular weight excluding hydrogens is 546 g/mol. The highest BCUT2D eigenvalue weighted by molar-refractivity contribution is 7.92. The number of hydrogen-bond acceptors (Lipinski definition) is 4. The highest BCUT2D eigenvalue weighted by atomic mass is 35.5. The summed E-state index contributed by atoms with van der Waals surface area (Å²) in [6, 6.07) is 19.8. The molecule has 40 heavy (non-hydrogen) atoms. The van der Waals surface area contributed by atoms with Crippen LogP contribution in [-0.2, 0) is 26.2 Å². The molecule has 0 aromatic heterocycles. The predicted molar refractivity (Wildman–Crippen MR) is 161 cm³/mol. The van der Waals surface area contributed by atoms with Gasteiger partial charge in [0, 0.05) is 17.6 Å². The van der Waals surface area contributed by atoms with E-state index in [1.54, 1.807) is 43.3 Å². The lowest BCUT2D eigenvalue weighted by Gasteiger charge is -2.34. The predicted octanol–water partition coefficient (Wildman–Crippen LogP) is 5.87. The minimum atomic E-state index is -4.15. The molecule has 2 amide bonds. The van der Waals surface area contributed by atoms with Crippen LogP contribution in [0.4, 0.5) is 5.69 Å². The lowest BCUT2D eigenvalue weighted by Crippen LogP contribution is -2.53. The van der Waals surface area contributed by atoms with Gasteiger partial charge in [0.25, 0.3) is 10.0 Å². The Bertz CT molecular complexity index is 1410. The van der Waals surface area contributed by atoms with E-state index in [1.807, 2.05) is 52.0 Å². The van der Waals surface area contributed by atoms with Crippen molar-refractivity contribution in [2.24, 2.45) is 0 Å². The van der Waals surface area contributed by atoms with Crippen molar-refractivity contribution in [3.05, 3.63) is 94.5 Å². The number of halogens is 1. The molecule has 7 nitrogen and oxygen atoms in total. The first-order valence-corrected chi connectivity index (χ1v) is 15.3. The van der Waals surface area contributed by atoms with Gasteiger partial charge in [0.1, 0.15) is 12.6 Å². The Morgan fingerprint density at radius 3 is 2.17 bits per heavy atom. The molecule has 0 aliphatic rings. The third-order valence-corrected chi connectivity index (χ3v) is 8.92. The van der Waals surface area contributed by atoms with E-state index in [-0.39, 0.29) is 23.4 Å². The Balaban J connectivity index is 2.08. The molecule has 0 unspecified atom stereocenters. The molecule has 9 heteroatoms. The summed E-state index contributed by atoms with van der Waals surface area (Å²) in [7, 11) is -4.15. The minimum Gasteiger partial charge on any atom is -0.352 e. The van der Waals surface area contributed by atoms with Gasteiger partial charge in [-0.1, -0.05) is 79.5 Å². The summed E-state index contributed by atoms with van der Waals surface area (Å²) in [5.41, 5.74) is 2.85. The van der Waals surface area contributed by atoms with E-state index in [0.717, 1.165) is 21.9 Å². The van der Waals surface area contributed by atoms with Crippen LogP contribution in [0.3, 0.4) is 0 Å². The molecule has 0 aliphatic heterocycles. The highest BCUT2D eigenvalue weighted by Gasteiger charge is 2.34. The lowest BCUT2D eigenvalue weighted by molar-refractivity contribution is -0.140. The van der Waals surface area contributed by atoms with Gasteiger partial charge in [-0.3, -0.25) is 13.9 Å². The molecule has 0 heterocycles. The molecule has 0 saturated heterocycles. The molecule has 3 aromatic carbocycles. The van der Waals surface area contributed by atoms with Gasteiger partial charge in [-0.25, -0.2) is 8.42 Å². The van der Waals surface area contributed by atoms with E-state index in [0.29, 0.717) is 22.7 Å². The largest absolute Gasteiger partial charge is 0.352 e. The Morgan fingerprint density at radius 1 is 0.925 bits per heavy atom. The van der Waals surface area contributed by atoms with Crippen molar-refractivity contribution in [3.63, 3.8) is 0 Å². The number of rotatable bonds is 12. The van der Waals surface area contributed by atoms with Crippen molar-refractivity contribution in [1.29, 1.82) is 0 Å². The fourth-order valence-electron chi connectivity index (χ4n) is 4.34. The minimum absolute atomic E-state index is 0.0498. The maximum Gasteiger partial charge on any atom is 0.264 e. The zero-order chi connectivity index (χ0) is 29.4. The first-order valence-electron chi connectivity index (χ1n) is 13.5. The van der Waals surface area contributed by atoms with Crippen LogP contribution in [0.25, 0.3) is 0 Å². The van der Waals surface area contributed by atoms with Gasteiger partial charge in [0.05, 0.1) is 10.6 Å². The van der Waals surface area contributed by atoms with Crippen LogP contribution in [0.5, 0.6) is 0 Å². The van der Waals surface area contributed by atoms with E-state index >= 15 is 0 Å². The number of hydrogen-bond donors (Lipinski definition) is 1. The van der Waals surface area contributed by atoms with Crippen LogP contribution in [0.15, 0.2) is 77.7 Å². The molecule has 0 fully saturated rings. The molecule has 2 atom stereocenters. The molecule has 1 N–H and O–H groups in total. The van der Waals surface area contributed by atoms with Gasteiger partial charge >= 0.3 is 0 Å². The third-order valence-electron chi connectivity index (χ3n) is 6.91. The number of nitrogens with zero attached hydrogens (tertiary/aromatic N) is 2. The average Bonchev–Trinajstić information content (AvgIpc) is 2.94. The maximum absolute atomic E-state index is 14.1. The monoisotopic (exact) mass is 583 g/mol. The standard InChI is InChI=1S/C31H38ClN3O4S/c1-6-24(5)33-31(37)28(7-2)34(20-25-16-13-22(3)14-17-25)30(36)21-35(29-19-26(32)18-15-23(29)4)40(38,39)27-11-9-8-10-12-27/h8-19,24,28H,6-7,20-21H2,1-5H3,(H,33,37)/t24-,28+/m1/s1. The number of benzene rings is 3. The molecule has 0 radical (unpaired) electrons. The van der Waals surface area contributed by atoms with E-state index in [1.165, 1.54) is 17.0 Å². The molecule has 3 aromatic rings. The number of sulfonamides is 1. The molecular formula is C31H38ClN3O4S. The fraction of sp³-hybridized carbons (Fsp3) is 0.355. The third kappa shape index (κ3) is 7.64. The van der Waals surface area contributed by atoms with Crippen molar-refractivity contribution in [3.8, 4) is 0 Å². The van der Waals surface area contributed by atoms with Crippen molar-refractivity contribution in [1.82, 2.24) is 10.2 Å². The van der Waals surface area contributed by atoms with Crippen LogP contribution in [-0.4, -0.2) is 43.8 Å². The first kappa shape index (κ1) is 31.2. The summed E-state index contributed by atoms with van der Waals surface area (Å²) in [4.78, 5) is 29.0. The van der Waals surface area contributed by atoms with E-state index < -0.39 is 28.5 Å². The second kappa shape index (κ2) is 13.8. The van der Waals surface area contributed by atoms with Gasteiger partial charge in [-0.05, 0) is 69.0 Å². The summed E-state index contributed by atoms with van der Waals surface area (Å²) < 4.78 is 29.0. The van der Waals surface area contributed by atoms with Crippen LogP contribution < -0.4 is 9.62 Å². The quantitative estimate of drug-likeness (QED) is 0.289.